The Balaban J connectivity index is 0.00000272. The van der Waals surface area contributed by atoms with Crippen molar-refractivity contribution >= 4 is 41.0 Å². The Labute approximate surface area is 218 Å². The van der Waals surface area contributed by atoms with Crippen molar-refractivity contribution in [2.75, 3.05) is 11.1 Å². The van der Waals surface area contributed by atoms with Crippen molar-refractivity contribution in [2.24, 2.45) is 0 Å². The molecule has 181 valence electrons. The summed E-state index contributed by atoms with van der Waals surface area (Å²) in [6.45, 7) is 0.252. The summed E-state index contributed by atoms with van der Waals surface area (Å²) in [5.41, 5.74) is 6.61. The molecule has 0 aliphatic rings. The van der Waals surface area contributed by atoms with E-state index in [1.54, 1.807) is 18.4 Å². The molecule has 1 amide bonds. The van der Waals surface area contributed by atoms with E-state index in [1.807, 2.05) is 0 Å². The molecule has 0 saturated carbocycles. The summed E-state index contributed by atoms with van der Waals surface area (Å²) >= 11 is 0. The number of hydrogen-bond acceptors (Lipinski definition) is 9. The summed E-state index contributed by atoms with van der Waals surface area (Å²) in [4.78, 5) is 60.2. The molecule has 0 aliphatic heterocycles. The van der Waals surface area contributed by atoms with E-state index in [0.29, 0.717) is 11.4 Å². The molecule has 14 heteroatoms. The number of hydrogen-bond donors (Lipinski definition) is 5. The molecular formula is C19H18AgAuN7O5. The molecule has 0 aliphatic carbocycles. The van der Waals surface area contributed by atoms with Gasteiger partial charge < -0.3 is 26.3 Å². The molecule has 3 rings (SSSR count). The number of aromatic nitrogens is 4. The van der Waals surface area contributed by atoms with Crippen molar-refractivity contribution in [3.05, 3.63) is 52.1 Å². The van der Waals surface area contributed by atoms with Crippen LogP contribution in [0.1, 0.15) is 28.9 Å². The van der Waals surface area contributed by atoms with Gasteiger partial charge in [0.15, 0.2) is 11.2 Å². The van der Waals surface area contributed by atoms with E-state index in [2.05, 4.69) is 30.6 Å². The van der Waals surface area contributed by atoms with E-state index in [1.165, 1.54) is 18.3 Å². The third kappa shape index (κ3) is 7.60. The standard InChI is InChI=1S/C19H18N7O5.Ag.Au/c20-19-25-15-14(17(29)26-19)23-12(9-22-15)8-21-11-5-3-10(4-6-11)16(28)24-13(18(30)31)2-1-7-27;;/h3-6,9,13,21H,1-2,8H2,(H,24,28)(H,30,31)(H3,20,22,25,26,29);;/q-1;;+1/t13-;;/m0../s1. The minimum atomic E-state index is -1.23. The van der Waals surface area contributed by atoms with Crippen LogP contribution in [0.25, 0.3) is 11.2 Å². The number of nitrogen functional groups attached to an aromatic ring is 1. The largest absolute Gasteiger partial charge is 1.00 e. The second-order valence-corrected chi connectivity index (χ2v) is 6.46. The van der Waals surface area contributed by atoms with Gasteiger partial charge in [-0.1, -0.05) is 0 Å². The number of carboxylic acid groups (broad SMARTS) is 1. The number of benzene rings is 1. The van der Waals surface area contributed by atoms with Crippen molar-refractivity contribution in [2.45, 2.75) is 25.4 Å². The zero-order valence-electron chi connectivity index (χ0n) is 16.7. The summed E-state index contributed by atoms with van der Waals surface area (Å²) in [7, 11) is 0. The summed E-state index contributed by atoms with van der Waals surface area (Å²) in [6, 6.07) is 5.13. The summed E-state index contributed by atoms with van der Waals surface area (Å²) < 4.78 is 0. The summed E-state index contributed by atoms with van der Waals surface area (Å²) in [6.07, 6.45) is 2.94. The van der Waals surface area contributed by atoms with Crippen LogP contribution >= 0.6 is 0 Å². The monoisotopic (exact) mass is 728 g/mol. The van der Waals surface area contributed by atoms with Crippen LogP contribution in [0.2, 0.25) is 0 Å². The predicted octanol–water partition coefficient (Wildman–Crippen LogP) is -0.0247. The van der Waals surface area contributed by atoms with Gasteiger partial charge in [0, 0.05) is 33.6 Å². The molecular weight excluding hydrogens is 711 g/mol. The number of carbonyl (C=O) groups is 2. The van der Waals surface area contributed by atoms with Crippen LogP contribution in [0, 0.1) is 0 Å². The average Bonchev–Trinajstić information content (AvgIpc) is 2.75. The molecule has 1 radical (unpaired) electrons. The smallest absolute Gasteiger partial charge is 0.542 e. The Bertz CT molecular complexity index is 1190. The second kappa shape index (κ2) is 13.0. The van der Waals surface area contributed by atoms with Gasteiger partial charge in [-0.3, -0.25) is 20.9 Å². The molecule has 0 unspecified atom stereocenters. The van der Waals surface area contributed by atoms with Crippen LogP contribution < -0.4 is 21.9 Å². The molecule has 2 aromatic heterocycles. The molecule has 3 aromatic rings. The van der Waals surface area contributed by atoms with E-state index in [-0.39, 0.29) is 86.8 Å². The number of fused-ring (bicyclic) bond motifs is 1. The van der Waals surface area contributed by atoms with E-state index >= 15 is 0 Å². The van der Waals surface area contributed by atoms with Gasteiger partial charge in [-0.2, -0.15) is 4.98 Å². The number of nitrogens with one attached hydrogen (secondary N) is 3. The fourth-order valence-electron chi connectivity index (χ4n) is 2.69. The third-order valence-electron chi connectivity index (χ3n) is 4.25. The van der Waals surface area contributed by atoms with Crippen LogP contribution in [0.15, 0.2) is 35.3 Å². The van der Waals surface area contributed by atoms with Crippen LogP contribution in [0.3, 0.4) is 0 Å². The maximum atomic E-state index is 12.2. The number of anilines is 2. The molecule has 0 fully saturated rings. The van der Waals surface area contributed by atoms with Gasteiger partial charge in [0.2, 0.25) is 5.95 Å². The molecule has 1 aromatic carbocycles. The quantitative estimate of drug-likeness (QED) is 0.148. The molecule has 1 atom stereocenters. The number of aromatic amines is 1. The SMILES string of the molecule is Nc1nc2ncc(CNc3ccc(C(=O)N[C@@H](CC[C-]=O)C(=O)O)cc3)nc2c(=O)[nH]1.[Ag].[Au+]. The van der Waals surface area contributed by atoms with Crippen molar-refractivity contribution in [3.8, 4) is 0 Å². The normalized spacial score (nSPS) is 10.9. The minimum Gasteiger partial charge on any atom is -0.542 e. The van der Waals surface area contributed by atoms with Crippen LogP contribution in [0.5, 0.6) is 0 Å². The van der Waals surface area contributed by atoms with Crippen LogP contribution in [-0.2, 0) is 60.9 Å². The van der Waals surface area contributed by atoms with E-state index in [0.717, 1.165) is 0 Å². The fourth-order valence-corrected chi connectivity index (χ4v) is 2.69. The zero-order valence-corrected chi connectivity index (χ0v) is 20.3. The zero-order chi connectivity index (χ0) is 22.4. The number of H-pyrrole nitrogens is 1. The van der Waals surface area contributed by atoms with Gasteiger partial charge in [0.25, 0.3) is 11.5 Å². The molecule has 6 N–H and O–H groups in total. The maximum absolute atomic E-state index is 12.2. The van der Waals surface area contributed by atoms with E-state index in [4.69, 9.17) is 10.8 Å². The molecule has 0 spiro atoms. The van der Waals surface area contributed by atoms with E-state index < -0.39 is 23.5 Å². The first-order valence-electron chi connectivity index (χ1n) is 9.11. The van der Waals surface area contributed by atoms with Gasteiger partial charge in [0.1, 0.15) is 6.04 Å². The number of amides is 1. The third-order valence-corrected chi connectivity index (χ3v) is 4.25. The fraction of sp³-hybridized carbons (Fsp3) is 0.211. The molecule has 2 heterocycles. The number of nitrogens with two attached hydrogens (primary N) is 1. The Morgan fingerprint density at radius 1 is 1.21 bits per heavy atom. The van der Waals surface area contributed by atoms with Crippen LogP contribution in [0.4, 0.5) is 11.6 Å². The topological polar surface area (TPSA) is 193 Å². The molecule has 33 heavy (non-hydrogen) atoms. The molecule has 12 nitrogen and oxygen atoms in total. The Morgan fingerprint density at radius 2 is 1.91 bits per heavy atom. The first-order valence-corrected chi connectivity index (χ1v) is 9.11. The predicted molar refractivity (Wildman–Crippen MR) is 110 cm³/mol. The number of nitrogens with zero attached hydrogens (tertiary/aromatic N) is 3. The Morgan fingerprint density at radius 3 is 2.55 bits per heavy atom. The average molecular weight is 729 g/mol. The van der Waals surface area contributed by atoms with Crippen molar-refractivity contribution in [1.82, 2.24) is 25.3 Å². The number of aliphatic carboxylic acids is 1. The number of carbonyl (C=O) groups excluding carboxylic acids is 2. The second-order valence-electron chi connectivity index (χ2n) is 6.46. The Hall–Kier alpha value is -2.87. The van der Waals surface area contributed by atoms with Gasteiger partial charge in [-0.05, 0) is 30.7 Å². The summed E-state index contributed by atoms with van der Waals surface area (Å²) in [5.74, 6) is -1.84. The van der Waals surface area contributed by atoms with Crippen molar-refractivity contribution < 1.29 is 64.3 Å². The first-order chi connectivity index (χ1) is 14.9. The van der Waals surface area contributed by atoms with E-state index in [9.17, 15) is 19.2 Å². The minimum absolute atomic E-state index is 0. The molecule has 0 bridgehead atoms. The number of rotatable bonds is 9. The van der Waals surface area contributed by atoms with Crippen molar-refractivity contribution in [3.63, 3.8) is 0 Å². The van der Waals surface area contributed by atoms with Gasteiger partial charge in [-0.25, -0.2) is 14.8 Å². The first kappa shape index (κ1) is 28.2. The van der Waals surface area contributed by atoms with Crippen LogP contribution in [-0.4, -0.2) is 49.2 Å². The van der Waals surface area contributed by atoms with Crippen molar-refractivity contribution in [1.29, 1.82) is 0 Å². The maximum Gasteiger partial charge on any atom is 1.00 e. The van der Waals surface area contributed by atoms with Gasteiger partial charge >= 0.3 is 28.3 Å². The molecule has 0 saturated heterocycles. The summed E-state index contributed by atoms with van der Waals surface area (Å²) in [5, 5.41) is 14.6. The van der Waals surface area contributed by atoms with Gasteiger partial charge in [0.05, 0.1) is 18.4 Å². The van der Waals surface area contributed by atoms with Gasteiger partial charge in [-0.15, -0.1) is 6.42 Å². The Kier molecular flexibility index (Phi) is 11.1. The number of carboxylic acids is 1.